The Morgan fingerprint density at radius 2 is 1.95 bits per heavy atom. The predicted octanol–water partition coefficient (Wildman–Crippen LogP) is 1.64. The third-order valence-electron chi connectivity index (χ3n) is 2.24. The lowest BCUT2D eigenvalue weighted by Gasteiger charge is -2.21. The standard InChI is InChI=1S/C14H23NO5/c1-5-6-7-8-11(16)15-10(13(18)19)9-12(17)20-14(2,3)4/h5,10H,1,6-9H2,2-4H3,(H,15,16)(H,18,19). The van der Waals surface area contributed by atoms with Gasteiger partial charge >= 0.3 is 11.9 Å². The number of carbonyl (C=O) groups is 3. The second-order valence-electron chi connectivity index (χ2n) is 5.43. The topological polar surface area (TPSA) is 92.7 Å². The summed E-state index contributed by atoms with van der Waals surface area (Å²) in [6, 6.07) is -1.26. The zero-order valence-corrected chi connectivity index (χ0v) is 12.3. The van der Waals surface area contributed by atoms with Crippen molar-refractivity contribution in [2.75, 3.05) is 0 Å². The monoisotopic (exact) mass is 285 g/mol. The number of esters is 1. The Labute approximate surface area is 119 Å². The van der Waals surface area contributed by atoms with Gasteiger partial charge in [-0.2, -0.15) is 0 Å². The zero-order valence-electron chi connectivity index (χ0n) is 12.3. The van der Waals surface area contributed by atoms with Crippen LogP contribution in [0.25, 0.3) is 0 Å². The maximum atomic E-state index is 11.6. The molecule has 0 saturated carbocycles. The Kier molecular flexibility index (Phi) is 7.57. The average molecular weight is 285 g/mol. The molecule has 0 saturated heterocycles. The number of aliphatic carboxylic acids is 1. The highest BCUT2D eigenvalue weighted by Gasteiger charge is 2.26. The van der Waals surface area contributed by atoms with Crippen molar-refractivity contribution in [3.05, 3.63) is 12.7 Å². The van der Waals surface area contributed by atoms with Crippen LogP contribution in [-0.2, 0) is 19.1 Å². The molecular formula is C14H23NO5. The quantitative estimate of drug-likeness (QED) is 0.402. The van der Waals surface area contributed by atoms with Gasteiger partial charge in [0.25, 0.3) is 0 Å². The van der Waals surface area contributed by atoms with Gasteiger partial charge in [-0.25, -0.2) is 4.79 Å². The maximum absolute atomic E-state index is 11.6. The molecule has 0 heterocycles. The fourth-order valence-corrected chi connectivity index (χ4v) is 1.42. The number of hydrogen-bond acceptors (Lipinski definition) is 4. The highest BCUT2D eigenvalue weighted by Crippen LogP contribution is 2.09. The Morgan fingerprint density at radius 1 is 1.35 bits per heavy atom. The fraction of sp³-hybridized carbons (Fsp3) is 0.643. The minimum atomic E-state index is -1.26. The van der Waals surface area contributed by atoms with E-state index in [2.05, 4.69) is 11.9 Å². The van der Waals surface area contributed by atoms with Gasteiger partial charge in [-0.3, -0.25) is 9.59 Å². The Morgan fingerprint density at radius 3 is 2.40 bits per heavy atom. The third-order valence-corrected chi connectivity index (χ3v) is 2.24. The smallest absolute Gasteiger partial charge is 0.326 e. The van der Waals surface area contributed by atoms with Gasteiger partial charge < -0.3 is 15.2 Å². The summed E-state index contributed by atoms with van der Waals surface area (Å²) in [4.78, 5) is 34.1. The van der Waals surface area contributed by atoms with Crippen molar-refractivity contribution >= 4 is 17.8 Å². The van der Waals surface area contributed by atoms with E-state index in [0.717, 1.165) is 0 Å². The number of amides is 1. The van der Waals surface area contributed by atoms with Crippen LogP contribution < -0.4 is 5.32 Å². The molecule has 0 aliphatic rings. The minimum Gasteiger partial charge on any atom is -0.480 e. The summed E-state index contributed by atoms with van der Waals surface area (Å²) >= 11 is 0. The molecule has 0 fully saturated rings. The van der Waals surface area contributed by atoms with E-state index >= 15 is 0 Å². The summed E-state index contributed by atoms with van der Waals surface area (Å²) in [6.45, 7) is 8.60. The summed E-state index contributed by atoms with van der Waals surface area (Å²) < 4.78 is 5.03. The number of unbranched alkanes of at least 4 members (excludes halogenated alkanes) is 1. The molecule has 0 radical (unpaired) electrons. The van der Waals surface area contributed by atoms with Crippen molar-refractivity contribution in [1.29, 1.82) is 0 Å². The number of hydrogen-bond donors (Lipinski definition) is 2. The SMILES string of the molecule is C=CCCCC(=O)NC(CC(=O)OC(C)(C)C)C(=O)O. The highest BCUT2D eigenvalue weighted by molar-refractivity contribution is 5.87. The zero-order chi connectivity index (χ0) is 15.8. The van der Waals surface area contributed by atoms with Crippen LogP contribution in [0, 0.1) is 0 Å². The molecule has 6 heteroatoms. The Balaban J connectivity index is 4.36. The van der Waals surface area contributed by atoms with Gasteiger partial charge in [0, 0.05) is 6.42 Å². The average Bonchev–Trinajstić information content (AvgIpc) is 2.25. The van der Waals surface area contributed by atoms with Crippen LogP contribution in [0.5, 0.6) is 0 Å². The van der Waals surface area contributed by atoms with Crippen molar-refractivity contribution in [2.45, 2.75) is 58.1 Å². The predicted molar refractivity (Wildman–Crippen MR) is 74.1 cm³/mol. The van der Waals surface area contributed by atoms with E-state index in [0.29, 0.717) is 12.8 Å². The van der Waals surface area contributed by atoms with Crippen LogP contribution in [0.3, 0.4) is 0 Å². The van der Waals surface area contributed by atoms with Crippen molar-refractivity contribution < 1.29 is 24.2 Å². The van der Waals surface area contributed by atoms with Gasteiger partial charge in [-0.05, 0) is 33.6 Å². The van der Waals surface area contributed by atoms with Crippen LogP contribution in [0.4, 0.5) is 0 Å². The van der Waals surface area contributed by atoms with Gasteiger partial charge in [0.2, 0.25) is 5.91 Å². The number of carbonyl (C=O) groups excluding carboxylic acids is 2. The number of rotatable bonds is 8. The van der Waals surface area contributed by atoms with Gasteiger partial charge in [0.1, 0.15) is 11.6 Å². The lowest BCUT2D eigenvalue weighted by atomic mass is 10.1. The van der Waals surface area contributed by atoms with Gasteiger partial charge in [-0.15, -0.1) is 6.58 Å². The van der Waals surface area contributed by atoms with Crippen molar-refractivity contribution in [1.82, 2.24) is 5.32 Å². The minimum absolute atomic E-state index is 0.199. The van der Waals surface area contributed by atoms with Gasteiger partial charge in [-0.1, -0.05) is 6.08 Å². The van der Waals surface area contributed by atoms with E-state index in [1.807, 2.05) is 0 Å². The maximum Gasteiger partial charge on any atom is 0.326 e. The molecule has 0 aliphatic carbocycles. The molecule has 0 rings (SSSR count). The Hall–Kier alpha value is -1.85. The lowest BCUT2D eigenvalue weighted by Crippen LogP contribution is -2.43. The summed E-state index contributed by atoms with van der Waals surface area (Å²) in [5.74, 6) is -2.31. The first-order chi connectivity index (χ1) is 9.15. The molecule has 1 unspecified atom stereocenters. The fourth-order valence-electron chi connectivity index (χ4n) is 1.42. The molecule has 20 heavy (non-hydrogen) atoms. The Bertz CT molecular complexity index is 370. The molecule has 6 nitrogen and oxygen atoms in total. The largest absolute Gasteiger partial charge is 0.480 e. The van der Waals surface area contributed by atoms with E-state index in [4.69, 9.17) is 9.84 Å². The van der Waals surface area contributed by atoms with Crippen molar-refractivity contribution in [3.8, 4) is 0 Å². The van der Waals surface area contributed by atoms with Gasteiger partial charge in [0.15, 0.2) is 0 Å². The first kappa shape index (κ1) is 18.1. The summed E-state index contributed by atoms with van der Waals surface area (Å²) in [5, 5.41) is 11.3. The molecule has 0 aromatic carbocycles. The van der Waals surface area contributed by atoms with Crippen LogP contribution in [0.15, 0.2) is 12.7 Å². The molecular weight excluding hydrogens is 262 g/mol. The first-order valence-corrected chi connectivity index (χ1v) is 6.50. The molecule has 0 aliphatic heterocycles. The van der Waals surface area contributed by atoms with E-state index in [1.165, 1.54) is 0 Å². The van der Waals surface area contributed by atoms with Crippen LogP contribution in [0.2, 0.25) is 0 Å². The summed E-state index contributed by atoms with van der Waals surface area (Å²) in [5.41, 5.74) is -0.686. The molecule has 0 aromatic rings. The van der Waals surface area contributed by atoms with Crippen LogP contribution in [-0.4, -0.2) is 34.6 Å². The molecule has 1 atom stereocenters. The van der Waals surface area contributed by atoms with Crippen LogP contribution in [0.1, 0.15) is 46.5 Å². The molecule has 114 valence electrons. The number of ether oxygens (including phenoxy) is 1. The van der Waals surface area contributed by atoms with E-state index in [-0.39, 0.29) is 12.8 Å². The normalized spacial score (nSPS) is 12.3. The second kappa shape index (κ2) is 8.35. The molecule has 1 amide bonds. The van der Waals surface area contributed by atoms with Gasteiger partial charge in [0.05, 0.1) is 6.42 Å². The molecule has 0 spiro atoms. The summed E-state index contributed by atoms with van der Waals surface area (Å²) in [6.07, 6.45) is 2.76. The molecule has 0 bridgehead atoms. The van der Waals surface area contributed by atoms with E-state index in [1.54, 1.807) is 26.8 Å². The first-order valence-electron chi connectivity index (χ1n) is 6.50. The molecule has 2 N–H and O–H groups in total. The van der Waals surface area contributed by atoms with E-state index in [9.17, 15) is 14.4 Å². The second-order valence-corrected chi connectivity index (χ2v) is 5.43. The van der Waals surface area contributed by atoms with Crippen molar-refractivity contribution in [3.63, 3.8) is 0 Å². The third kappa shape index (κ3) is 9.13. The molecule has 0 aromatic heterocycles. The number of allylic oxidation sites excluding steroid dienone is 1. The number of carboxylic acids is 1. The number of nitrogens with one attached hydrogen (secondary N) is 1. The summed E-state index contributed by atoms with van der Waals surface area (Å²) in [7, 11) is 0. The van der Waals surface area contributed by atoms with Crippen molar-refractivity contribution in [2.24, 2.45) is 0 Å². The van der Waals surface area contributed by atoms with E-state index < -0.39 is 29.5 Å². The van der Waals surface area contributed by atoms with Crippen LogP contribution >= 0.6 is 0 Å². The lowest BCUT2D eigenvalue weighted by molar-refractivity contribution is -0.158. The highest BCUT2D eigenvalue weighted by atomic mass is 16.6. The number of carboxylic acid groups (broad SMARTS) is 1.